The molecule has 0 bridgehead atoms. The molecule has 4 heteroatoms. The molecule has 0 radical (unpaired) electrons. The summed E-state index contributed by atoms with van der Waals surface area (Å²) in [6, 6.07) is 5.98. The van der Waals surface area contributed by atoms with E-state index in [0.717, 1.165) is 16.9 Å². The van der Waals surface area contributed by atoms with E-state index in [1.165, 1.54) is 0 Å². The summed E-state index contributed by atoms with van der Waals surface area (Å²) in [5.74, 6) is -0.251. The number of hydrogen-bond acceptors (Lipinski definition) is 3. The number of carbonyl (C=O) groups is 1. The van der Waals surface area contributed by atoms with Gasteiger partial charge in [0, 0.05) is 18.7 Å². The van der Waals surface area contributed by atoms with Crippen molar-refractivity contribution in [1.82, 2.24) is 5.32 Å². The van der Waals surface area contributed by atoms with E-state index in [9.17, 15) is 4.79 Å². The Hall–Kier alpha value is -1.55. The van der Waals surface area contributed by atoms with Crippen molar-refractivity contribution in [2.45, 2.75) is 26.8 Å². The Morgan fingerprint density at radius 1 is 1.50 bits per heavy atom. The van der Waals surface area contributed by atoms with Crippen molar-refractivity contribution < 1.29 is 14.6 Å². The van der Waals surface area contributed by atoms with E-state index in [-0.39, 0.29) is 5.92 Å². The van der Waals surface area contributed by atoms with Crippen LogP contribution in [0.1, 0.15) is 24.5 Å². The first kappa shape index (κ1) is 14.5. The van der Waals surface area contributed by atoms with Crippen LogP contribution in [0.5, 0.6) is 5.75 Å². The molecule has 0 aliphatic carbocycles. The molecule has 1 atom stereocenters. The van der Waals surface area contributed by atoms with Gasteiger partial charge in [-0.25, -0.2) is 0 Å². The first-order chi connectivity index (χ1) is 8.58. The molecule has 0 spiro atoms. The van der Waals surface area contributed by atoms with Crippen molar-refractivity contribution in [2.75, 3.05) is 13.7 Å². The normalized spacial score (nSPS) is 12.2. The predicted molar refractivity (Wildman–Crippen MR) is 70.9 cm³/mol. The first-order valence-electron chi connectivity index (χ1n) is 6.15. The topological polar surface area (TPSA) is 58.6 Å². The molecule has 1 aromatic carbocycles. The van der Waals surface area contributed by atoms with Gasteiger partial charge in [0.25, 0.3) is 0 Å². The summed E-state index contributed by atoms with van der Waals surface area (Å²) < 4.78 is 5.28. The van der Waals surface area contributed by atoms with Gasteiger partial charge in [0.05, 0.1) is 13.0 Å². The van der Waals surface area contributed by atoms with E-state index >= 15 is 0 Å². The number of ether oxygens (including phenoxy) is 1. The second-order valence-electron chi connectivity index (χ2n) is 4.39. The van der Waals surface area contributed by atoms with Gasteiger partial charge in [0.1, 0.15) is 5.75 Å². The van der Waals surface area contributed by atoms with Crippen molar-refractivity contribution in [3.63, 3.8) is 0 Å². The minimum Gasteiger partial charge on any atom is -0.496 e. The summed E-state index contributed by atoms with van der Waals surface area (Å²) in [4.78, 5) is 10.9. The van der Waals surface area contributed by atoms with Crippen molar-refractivity contribution in [2.24, 2.45) is 5.92 Å². The quantitative estimate of drug-likeness (QED) is 0.780. The van der Waals surface area contributed by atoms with Crippen molar-refractivity contribution >= 4 is 5.97 Å². The second-order valence-corrected chi connectivity index (χ2v) is 4.39. The van der Waals surface area contributed by atoms with Crippen molar-refractivity contribution in [1.29, 1.82) is 0 Å². The molecule has 0 amide bonds. The van der Waals surface area contributed by atoms with Crippen LogP contribution < -0.4 is 10.1 Å². The number of hydrogen-bond donors (Lipinski definition) is 2. The zero-order chi connectivity index (χ0) is 13.5. The maximum absolute atomic E-state index is 10.9. The van der Waals surface area contributed by atoms with Crippen LogP contribution >= 0.6 is 0 Å². The summed E-state index contributed by atoms with van der Waals surface area (Å²) in [5, 5.41) is 12.1. The van der Waals surface area contributed by atoms with Gasteiger partial charge in [0.15, 0.2) is 0 Å². The number of carboxylic acid groups (broad SMARTS) is 1. The zero-order valence-corrected chi connectivity index (χ0v) is 11.2. The lowest BCUT2D eigenvalue weighted by Gasteiger charge is -2.13. The molecule has 0 fully saturated rings. The highest BCUT2D eigenvalue weighted by atomic mass is 16.5. The fourth-order valence-corrected chi connectivity index (χ4v) is 1.83. The molecule has 0 aromatic heterocycles. The Labute approximate surface area is 108 Å². The third-order valence-electron chi connectivity index (χ3n) is 2.98. The Balaban J connectivity index is 2.57. The van der Waals surface area contributed by atoms with Crippen LogP contribution in [0.4, 0.5) is 0 Å². The summed E-state index contributed by atoms with van der Waals surface area (Å²) in [6.07, 6.45) is 0.632. The lowest BCUT2D eigenvalue weighted by molar-refractivity contribution is -0.141. The molecule has 0 aliphatic rings. The molecule has 1 rings (SSSR count). The third kappa shape index (κ3) is 4.04. The fourth-order valence-electron chi connectivity index (χ4n) is 1.83. The van der Waals surface area contributed by atoms with Crippen LogP contribution in [0.2, 0.25) is 0 Å². The van der Waals surface area contributed by atoms with Crippen molar-refractivity contribution in [3.05, 3.63) is 29.3 Å². The maximum atomic E-state index is 10.9. The number of rotatable bonds is 7. The highest BCUT2D eigenvalue weighted by Crippen LogP contribution is 2.19. The highest BCUT2D eigenvalue weighted by Gasteiger charge is 2.14. The summed E-state index contributed by atoms with van der Waals surface area (Å²) in [6.45, 7) is 5.00. The largest absolute Gasteiger partial charge is 0.496 e. The summed E-state index contributed by atoms with van der Waals surface area (Å²) in [5.41, 5.74) is 2.22. The van der Waals surface area contributed by atoms with Gasteiger partial charge in [0.2, 0.25) is 0 Å². The van der Waals surface area contributed by atoms with Crippen LogP contribution in [0.3, 0.4) is 0 Å². The molecule has 2 N–H and O–H groups in total. The minimum absolute atomic E-state index is 0.333. The standard InChI is InChI=1S/C14H21NO3/c1-4-11(14(16)17)8-15-9-12-7-10(2)5-6-13(12)18-3/h5-7,11,15H,4,8-9H2,1-3H3,(H,16,17). The molecular weight excluding hydrogens is 230 g/mol. The lowest BCUT2D eigenvalue weighted by atomic mass is 10.1. The molecular formula is C14H21NO3. The average Bonchev–Trinajstić information content (AvgIpc) is 2.34. The number of benzene rings is 1. The smallest absolute Gasteiger partial charge is 0.307 e. The Morgan fingerprint density at radius 3 is 2.78 bits per heavy atom. The number of nitrogens with one attached hydrogen (secondary N) is 1. The number of methoxy groups -OCH3 is 1. The number of aryl methyl sites for hydroxylation is 1. The van der Waals surface area contributed by atoms with Crippen LogP contribution in [0.25, 0.3) is 0 Å². The Morgan fingerprint density at radius 2 is 2.22 bits per heavy atom. The summed E-state index contributed by atoms with van der Waals surface area (Å²) in [7, 11) is 1.64. The maximum Gasteiger partial charge on any atom is 0.307 e. The van der Waals surface area contributed by atoms with E-state index in [4.69, 9.17) is 9.84 Å². The van der Waals surface area contributed by atoms with Gasteiger partial charge in [-0.15, -0.1) is 0 Å². The molecule has 4 nitrogen and oxygen atoms in total. The van der Waals surface area contributed by atoms with Crippen molar-refractivity contribution in [3.8, 4) is 5.75 Å². The highest BCUT2D eigenvalue weighted by molar-refractivity contribution is 5.70. The monoisotopic (exact) mass is 251 g/mol. The molecule has 18 heavy (non-hydrogen) atoms. The predicted octanol–water partition coefficient (Wildman–Crippen LogP) is 2.20. The van der Waals surface area contributed by atoms with Crippen LogP contribution in [-0.2, 0) is 11.3 Å². The first-order valence-corrected chi connectivity index (χ1v) is 6.15. The summed E-state index contributed by atoms with van der Waals surface area (Å²) >= 11 is 0. The van der Waals surface area contributed by atoms with E-state index in [1.54, 1.807) is 7.11 Å². The van der Waals surface area contributed by atoms with E-state index in [2.05, 4.69) is 5.32 Å². The van der Waals surface area contributed by atoms with Gasteiger partial charge in [-0.3, -0.25) is 4.79 Å². The molecule has 1 aromatic rings. The Kier molecular flexibility index (Phi) is 5.65. The molecule has 0 aliphatic heterocycles. The van der Waals surface area contributed by atoms with Crippen LogP contribution in [0, 0.1) is 12.8 Å². The van der Waals surface area contributed by atoms with Gasteiger partial charge < -0.3 is 15.2 Å². The van der Waals surface area contributed by atoms with E-state index in [0.29, 0.717) is 19.5 Å². The Bertz CT molecular complexity index is 404. The lowest BCUT2D eigenvalue weighted by Crippen LogP contribution is -2.27. The van der Waals surface area contributed by atoms with E-state index in [1.807, 2.05) is 32.0 Å². The SMILES string of the molecule is CCC(CNCc1cc(C)ccc1OC)C(=O)O. The minimum atomic E-state index is -0.749. The third-order valence-corrected chi connectivity index (χ3v) is 2.98. The molecule has 0 saturated carbocycles. The van der Waals surface area contributed by atoms with Gasteiger partial charge >= 0.3 is 5.97 Å². The van der Waals surface area contributed by atoms with E-state index < -0.39 is 5.97 Å². The fraction of sp³-hybridized carbons (Fsp3) is 0.500. The number of aliphatic carboxylic acids is 1. The van der Waals surface area contributed by atoms with Crippen LogP contribution in [-0.4, -0.2) is 24.7 Å². The number of carboxylic acids is 1. The second kappa shape index (κ2) is 7.01. The molecule has 100 valence electrons. The average molecular weight is 251 g/mol. The van der Waals surface area contributed by atoms with Gasteiger partial charge in [-0.05, 0) is 19.4 Å². The molecule has 1 unspecified atom stereocenters. The molecule has 0 heterocycles. The van der Waals surface area contributed by atoms with Gasteiger partial charge in [-0.1, -0.05) is 24.6 Å². The van der Waals surface area contributed by atoms with Gasteiger partial charge in [-0.2, -0.15) is 0 Å². The molecule has 0 saturated heterocycles. The van der Waals surface area contributed by atoms with Crippen LogP contribution in [0.15, 0.2) is 18.2 Å². The zero-order valence-electron chi connectivity index (χ0n) is 11.2.